The van der Waals surface area contributed by atoms with Crippen LogP contribution in [0.3, 0.4) is 0 Å². The maximum atomic E-state index is 5.70. The van der Waals surface area contributed by atoms with E-state index in [0.29, 0.717) is 23.7 Å². The summed E-state index contributed by atoms with van der Waals surface area (Å²) >= 11 is 3.35. The monoisotopic (exact) mass is 293 g/mol. The van der Waals surface area contributed by atoms with Gasteiger partial charge in [-0.05, 0) is 41.1 Å². The summed E-state index contributed by atoms with van der Waals surface area (Å²) in [5, 5.41) is 0. The Kier molecular flexibility index (Phi) is 3.71. The highest BCUT2D eigenvalue weighted by molar-refractivity contribution is 9.10. The lowest BCUT2D eigenvalue weighted by atomic mass is 10.3. The highest BCUT2D eigenvalue weighted by atomic mass is 79.9. The molecule has 2 rings (SSSR count). The van der Waals surface area contributed by atoms with Gasteiger partial charge in [0.05, 0.1) is 11.9 Å². The summed E-state index contributed by atoms with van der Waals surface area (Å²) in [5.41, 5.74) is 7.27. The number of aryl methyl sites for hydroxylation is 1. The molecule has 17 heavy (non-hydrogen) atoms. The van der Waals surface area contributed by atoms with Gasteiger partial charge in [0.25, 0.3) is 0 Å². The molecule has 0 spiro atoms. The van der Waals surface area contributed by atoms with Gasteiger partial charge in [0, 0.05) is 22.9 Å². The van der Waals surface area contributed by atoms with Crippen LogP contribution in [-0.2, 0) is 6.54 Å². The second-order valence-electron chi connectivity index (χ2n) is 3.54. The smallest absolute Gasteiger partial charge is 0.151 e. The van der Waals surface area contributed by atoms with Gasteiger partial charge < -0.3 is 10.5 Å². The molecule has 0 aliphatic carbocycles. The van der Waals surface area contributed by atoms with Gasteiger partial charge in [-0.2, -0.15) is 0 Å². The molecule has 0 bridgehead atoms. The first kappa shape index (κ1) is 12.0. The summed E-state index contributed by atoms with van der Waals surface area (Å²) in [5.74, 6) is 1.32. The number of halogens is 1. The Morgan fingerprint density at radius 3 is 2.76 bits per heavy atom. The predicted molar refractivity (Wildman–Crippen MR) is 68.9 cm³/mol. The van der Waals surface area contributed by atoms with Crippen molar-refractivity contribution in [2.45, 2.75) is 13.5 Å². The van der Waals surface area contributed by atoms with Crippen molar-refractivity contribution in [1.82, 2.24) is 9.97 Å². The molecule has 0 fully saturated rings. The molecule has 0 unspecified atom stereocenters. The van der Waals surface area contributed by atoms with Crippen molar-refractivity contribution in [1.29, 1.82) is 0 Å². The number of pyridine rings is 2. The molecule has 2 aromatic rings. The first-order valence-electron chi connectivity index (χ1n) is 5.14. The second-order valence-corrected chi connectivity index (χ2v) is 4.46. The molecule has 0 atom stereocenters. The molecule has 5 heteroatoms. The van der Waals surface area contributed by atoms with Gasteiger partial charge in [-0.3, -0.25) is 9.97 Å². The van der Waals surface area contributed by atoms with Gasteiger partial charge in [0.2, 0.25) is 0 Å². The normalized spacial score (nSPS) is 10.3. The fraction of sp³-hybridized carbons (Fsp3) is 0.167. The van der Waals surface area contributed by atoms with Gasteiger partial charge in [-0.25, -0.2) is 0 Å². The molecule has 2 heterocycles. The Morgan fingerprint density at radius 1 is 1.29 bits per heavy atom. The second kappa shape index (κ2) is 5.25. The number of rotatable bonds is 3. The van der Waals surface area contributed by atoms with Gasteiger partial charge in [-0.1, -0.05) is 0 Å². The number of nitrogens with zero attached hydrogens (tertiary/aromatic N) is 2. The van der Waals surface area contributed by atoms with Crippen LogP contribution in [0, 0.1) is 6.92 Å². The Morgan fingerprint density at radius 2 is 2.12 bits per heavy atom. The maximum absolute atomic E-state index is 5.70. The summed E-state index contributed by atoms with van der Waals surface area (Å²) in [6, 6.07) is 5.60. The molecule has 0 amide bonds. The van der Waals surface area contributed by atoms with Crippen LogP contribution in [0.2, 0.25) is 0 Å². The standard InChI is InChI=1S/C12H12BrN3O/c1-8-2-3-10(7-15-8)17-12-4-9(13)6-16-11(12)5-14/h2-4,6-7H,5,14H2,1H3. The molecule has 2 aromatic heterocycles. The first-order valence-corrected chi connectivity index (χ1v) is 5.93. The molecular formula is C12H12BrN3O. The fourth-order valence-electron chi connectivity index (χ4n) is 1.33. The van der Waals surface area contributed by atoms with Crippen LogP contribution < -0.4 is 10.5 Å². The van der Waals surface area contributed by atoms with Crippen molar-refractivity contribution in [2.24, 2.45) is 5.73 Å². The summed E-state index contributed by atoms with van der Waals surface area (Å²) in [7, 11) is 0. The van der Waals surface area contributed by atoms with Crippen LogP contribution in [0.5, 0.6) is 11.5 Å². The molecular weight excluding hydrogens is 282 g/mol. The quantitative estimate of drug-likeness (QED) is 0.945. The van der Waals surface area contributed by atoms with Crippen LogP contribution in [0.25, 0.3) is 0 Å². The van der Waals surface area contributed by atoms with E-state index in [2.05, 4.69) is 25.9 Å². The van der Waals surface area contributed by atoms with Crippen LogP contribution in [-0.4, -0.2) is 9.97 Å². The van der Waals surface area contributed by atoms with Gasteiger partial charge in [0.15, 0.2) is 5.75 Å². The minimum Gasteiger partial charge on any atom is -0.454 e. The van der Waals surface area contributed by atoms with E-state index < -0.39 is 0 Å². The molecule has 0 aliphatic heterocycles. The minimum absolute atomic E-state index is 0.335. The van der Waals surface area contributed by atoms with Crippen molar-refractivity contribution >= 4 is 15.9 Å². The Labute approximate surface area is 108 Å². The summed E-state index contributed by atoms with van der Waals surface area (Å²) in [4.78, 5) is 8.36. The maximum Gasteiger partial charge on any atom is 0.151 e. The zero-order valence-electron chi connectivity index (χ0n) is 9.35. The number of hydrogen-bond acceptors (Lipinski definition) is 4. The lowest BCUT2D eigenvalue weighted by Crippen LogP contribution is -2.02. The summed E-state index contributed by atoms with van der Waals surface area (Å²) in [6.45, 7) is 2.26. The van der Waals surface area contributed by atoms with E-state index in [1.165, 1.54) is 0 Å². The van der Waals surface area contributed by atoms with Crippen LogP contribution >= 0.6 is 15.9 Å². The largest absolute Gasteiger partial charge is 0.454 e. The molecule has 0 aromatic carbocycles. The molecule has 0 saturated heterocycles. The van der Waals surface area contributed by atoms with E-state index in [1.54, 1.807) is 12.4 Å². The van der Waals surface area contributed by atoms with Crippen molar-refractivity contribution in [3.8, 4) is 11.5 Å². The van der Waals surface area contributed by atoms with E-state index in [9.17, 15) is 0 Å². The SMILES string of the molecule is Cc1ccc(Oc2cc(Br)cnc2CN)cn1. The van der Waals surface area contributed by atoms with Crippen LogP contribution in [0.4, 0.5) is 0 Å². The third-order valence-electron chi connectivity index (χ3n) is 2.20. The number of nitrogens with two attached hydrogens (primary N) is 1. The first-order chi connectivity index (χ1) is 8.19. The fourth-order valence-corrected chi connectivity index (χ4v) is 1.64. The van der Waals surface area contributed by atoms with Gasteiger partial charge in [0.1, 0.15) is 5.75 Å². The lowest BCUT2D eigenvalue weighted by molar-refractivity contribution is 0.469. The van der Waals surface area contributed by atoms with Crippen molar-refractivity contribution in [3.63, 3.8) is 0 Å². The zero-order valence-corrected chi connectivity index (χ0v) is 10.9. The van der Waals surface area contributed by atoms with E-state index in [-0.39, 0.29) is 0 Å². The zero-order chi connectivity index (χ0) is 12.3. The predicted octanol–water partition coefficient (Wildman–Crippen LogP) is 2.80. The number of aromatic nitrogens is 2. The Bertz CT molecular complexity index is 514. The number of ether oxygens (including phenoxy) is 1. The van der Waals surface area contributed by atoms with Gasteiger partial charge >= 0.3 is 0 Å². The highest BCUT2D eigenvalue weighted by Crippen LogP contribution is 2.26. The van der Waals surface area contributed by atoms with E-state index in [4.69, 9.17) is 10.5 Å². The molecule has 88 valence electrons. The summed E-state index contributed by atoms with van der Waals surface area (Å²) < 4.78 is 6.55. The molecule has 0 aliphatic rings. The third kappa shape index (κ3) is 3.01. The average Bonchev–Trinajstić information content (AvgIpc) is 2.32. The van der Waals surface area contributed by atoms with Gasteiger partial charge in [-0.15, -0.1) is 0 Å². The Hall–Kier alpha value is -1.46. The average molecular weight is 294 g/mol. The highest BCUT2D eigenvalue weighted by Gasteiger charge is 2.06. The van der Waals surface area contributed by atoms with Crippen molar-refractivity contribution < 1.29 is 4.74 Å². The van der Waals surface area contributed by atoms with E-state index in [0.717, 1.165) is 10.2 Å². The molecule has 0 radical (unpaired) electrons. The Balaban J connectivity index is 2.28. The topological polar surface area (TPSA) is 61.0 Å². The van der Waals surface area contributed by atoms with Crippen molar-refractivity contribution in [3.05, 3.63) is 46.5 Å². The van der Waals surface area contributed by atoms with Crippen LogP contribution in [0.15, 0.2) is 35.1 Å². The van der Waals surface area contributed by atoms with Crippen LogP contribution in [0.1, 0.15) is 11.4 Å². The molecule has 2 N–H and O–H groups in total. The number of hydrogen-bond donors (Lipinski definition) is 1. The molecule has 4 nitrogen and oxygen atoms in total. The minimum atomic E-state index is 0.335. The van der Waals surface area contributed by atoms with E-state index >= 15 is 0 Å². The summed E-state index contributed by atoms with van der Waals surface area (Å²) in [6.07, 6.45) is 3.37. The van der Waals surface area contributed by atoms with E-state index in [1.807, 2.05) is 25.1 Å². The van der Waals surface area contributed by atoms with Crippen molar-refractivity contribution in [2.75, 3.05) is 0 Å². The molecule has 0 saturated carbocycles. The lowest BCUT2D eigenvalue weighted by Gasteiger charge is -2.09. The third-order valence-corrected chi connectivity index (χ3v) is 2.64.